The molecule has 1 atom stereocenters. The fourth-order valence-electron chi connectivity index (χ4n) is 4.42. The molecule has 4 aromatic rings. The number of ether oxygens (including phenoxy) is 1. The number of amides is 1. The van der Waals surface area contributed by atoms with Gasteiger partial charge in [-0.25, -0.2) is 4.98 Å². The Kier molecular flexibility index (Phi) is 6.02. The Balaban J connectivity index is 1.48. The predicted octanol–water partition coefficient (Wildman–Crippen LogP) is 5.91. The van der Waals surface area contributed by atoms with Crippen LogP contribution < -0.4 is 10.1 Å². The SMILES string of the molecule is COc1cc(-c2nnc3n2CCCC3(C)C(=O)Nc2ccc(Cl)c(Cl)c2)ccc1-c1cnc(C)o1. The fraction of sp³-hybridized carbons (Fsp3) is 0.280. The number of nitrogens with zero attached hydrogens (tertiary/aromatic N) is 4. The zero-order valence-electron chi connectivity index (χ0n) is 19.4. The van der Waals surface area contributed by atoms with Crippen molar-refractivity contribution in [3.63, 3.8) is 0 Å². The lowest BCUT2D eigenvalue weighted by molar-refractivity contribution is -0.122. The molecule has 2 aromatic heterocycles. The molecule has 8 nitrogen and oxygen atoms in total. The van der Waals surface area contributed by atoms with Crippen molar-refractivity contribution >= 4 is 34.8 Å². The molecule has 0 saturated carbocycles. The number of halogens is 2. The zero-order chi connectivity index (χ0) is 24.7. The van der Waals surface area contributed by atoms with Gasteiger partial charge in [-0.2, -0.15) is 0 Å². The Morgan fingerprint density at radius 1 is 1.17 bits per heavy atom. The molecule has 1 aliphatic rings. The number of fused-ring (bicyclic) bond motifs is 1. The van der Waals surface area contributed by atoms with Crippen LogP contribution in [0.5, 0.6) is 5.75 Å². The lowest BCUT2D eigenvalue weighted by atomic mass is 9.81. The van der Waals surface area contributed by atoms with Crippen LogP contribution in [0.1, 0.15) is 31.5 Å². The molecule has 0 aliphatic carbocycles. The van der Waals surface area contributed by atoms with Gasteiger partial charge in [0.15, 0.2) is 17.5 Å². The number of carbonyl (C=O) groups excluding carboxylic acids is 1. The third-order valence-corrected chi connectivity index (χ3v) is 7.07. The third-order valence-electron chi connectivity index (χ3n) is 6.33. The van der Waals surface area contributed by atoms with Gasteiger partial charge in [0.25, 0.3) is 0 Å². The average Bonchev–Trinajstić information content (AvgIpc) is 3.48. The number of aryl methyl sites for hydroxylation is 1. The lowest BCUT2D eigenvalue weighted by Gasteiger charge is -2.32. The molecule has 10 heteroatoms. The van der Waals surface area contributed by atoms with E-state index in [9.17, 15) is 4.79 Å². The van der Waals surface area contributed by atoms with Crippen LogP contribution in [0.15, 0.2) is 47.0 Å². The molecule has 3 heterocycles. The van der Waals surface area contributed by atoms with Crippen molar-refractivity contribution in [1.29, 1.82) is 0 Å². The Labute approximate surface area is 212 Å². The van der Waals surface area contributed by atoms with Crippen LogP contribution in [0.3, 0.4) is 0 Å². The standard InChI is InChI=1S/C25H23Cl2N5O3/c1-14-28-13-21(35-14)17-7-5-15(11-20(17)34-3)22-30-31-23-25(2,9-4-10-32(22)23)24(33)29-16-6-8-18(26)19(27)12-16/h5-8,11-13H,4,9-10H2,1-3H3,(H,29,33). The minimum Gasteiger partial charge on any atom is -0.496 e. The van der Waals surface area contributed by atoms with Gasteiger partial charge in [-0.3, -0.25) is 4.79 Å². The maximum Gasteiger partial charge on any atom is 0.238 e. The van der Waals surface area contributed by atoms with Gasteiger partial charge in [-0.1, -0.05) is 29.3 Å². The summed E-state index contributed by atoms with van der Waals surface area (Å²) in [7, 11) is 1.61. The molecule has 35 heavy (non-hydrogen) atoms. The molecule has 0 bridgehead atoms. The first-order valence-corrected chi connectivity index (χ1v) is 11.9. The first-order valence-electron chi connectivity index (χ1n) is 11.1. The predicted molar refractivity (Wildman–Crippen MR) is 134 cm³/mol. The topological polar surface area (TPSA) is 95.1 Å². The summed E-state index contributed by atoms with van der Waals surface area (Å²) in [6.07, 6.45) is 3.12. The van der Waals surface area contributed by atoms with Crippen LogP contribution in [0.4, 0.5) is 5.69 Å². The van der Waals surface area contributed by atoms with Crippen LogP contribution >= 0.6 is 23.2 Å². The van der Waals surface area contributed by atoms with Crippen LogP contribution in [-0.2, 0) is 16.8 Å². The van der Waals surface area contributed by atoms with Crippen LogP contribution in [0.25, 0.3) is 22.7 Å². The molecule has 0 spiro atoms. The Morgan fingerprint density at radius 3 is 2.71 bits per heavy atom. The highest BCUT2D eigenvalue weighted by atomic mass is 35.5. The number of hydrogen-bond acceptors (Lipinski definition) is 6. The number of rotatable bonds is 5. The fourth-order valence-corrected chi connectivity index (χ4v) is 4.71. The summed E-state index contributed by atoms with van der Waals surface area (Å²) >= 11 is 12.1. The smallest absolute Gasteiger partial charge is 0.238 e. The number of benzene rings is 2. The summed E-state index contributed by atoms with van der Waals surface area (Å²) in [5.74, 6) is 2.95. The number of hydrogen-bond donors (Lipinski definition) is 1. The molecule has 1 N–H and O–H groups in total. The normalized spacial score (nSPS) is 17.2. The van der Waals surface area contributed by atoms with Crippen molar-refractivity contribution < 1.29 is 13.9 Å². The van der Waals surface area contributed by atoms with Gasteiger partial charge in [0.1, 0.15) is 17.0 Å². The van der Waals surface area contributed by atoms with Crippen LogP contribution in [0, 0.1) is 6.92 Å². The van der Waals surface area contributed by atoms with E-state index in [4.69, 9.17) is 32.4 Å². The molecule has 0 radical (unpaired) electrons. The highest BCUT2D eigenvalue weighted by Gasteiger charge is 2.43. The summed E-state index contributed by atoms with van der Waals surface area (Å²) in [5.41, 5.74) is 1.33. The highest BCUT2D eigenvalue weighted by Crippen LogP contribution is 2.39. The maximum atomic E-state index is 13.4. The van der Waals surface area contributed by atoms with Gasteiger partial charge in [0, 0.05) is 24.7 Å². The Hall–Kier alpha value is -3.36. The molecule has 0 saturated heterocycles. The Bertz CT molecular complexity index is 1430. The van der Waals surface area contributed by atoms with Gasteiger partial charge in [-0.05, 0) is 50.1 Å². The van der Waals surface area contributed by atoms with Crippen molar-refractivity contribution in [1.82, 2.24) is 19.7 Å². The first kappa shape index (κ1) is 23.4. The second kappa shape index (κ2) is 9.02. The summed E-state index contributed by atoms with van der Waals surface area (Å²) < 4.78 is 13.3. The van der Waals surface area contributed by atoms with E-state index < -0.39 is 5.41 Å². The van der Waals surface area contributed by atoms with E-state index in [-0.39, 0.29) is 5.91 Å². The zero-order valence-corrected chi connectivity index (χ0v) is 20.9. The first-order chi connectivity index (χ1) is 16.8. The van der Waals surface area contributed by atoms with Crippen molar-refractivity contribution in [2.75, 3.05) is 12.4 Å². The van der Waals surface area contributed by atoms with Gasteiger partial charge in [0.2, 0.25) is 5.91 Å². The number of nitrogens with one attached hydrogen (secondary N) is 1. The summed E-state index contributed by atoms with van der Waals surface area (Å²) in [6.45, 7) is 4.39. The van der Waals surface area contributed by atoms with Crippen LogP contribution in [-0.4, -0.2) is 32.8 Å². The molecule has 1 unspecified atom stereocenters. The third kappa shape index (κ3) is 4.17. The second-order valence-corrected chi connectivity index (χ2v) is 9.49. The molecule has 1 amide bonds. The van der Waals surface area contributed by atoms with E-state index in [1.807, 2.05) is 29.7 Å². The van der Waals surface area contributed by atoms with Crippen LogP contribution in [0.2, 0.25) is 10.0 Å². The van der Waals surface area contributed by atoms with Gasteiger partial charge in [-0.15, -0.1) is 10.2 Å². The minimum absolute atomic E-state index is 0.176. The Morgan fingerprint density at radius 2 is 2.00 bits per heavy atom. The number of carbonyl (C=O) groups is 1. The van der Waals surface area contributed by atoms with Crippen molar-refractivity contribution in [3.8, 4) is 28.5 Å². The van der Waals surface area contributed by atoms with Crippen molar-refractivity contribution in [3.05, 3.63) is 64.4 Å². The second-order valence-electron chi connectivity index (χ2n) is 8.68. The van der Waals surface area contributed by atoms with Gasteiger partial charge in [0.05, 0.1) is 28.9 Å². The van der Waals surface area contributed by atoms with Gasteiger partial charge < -0.3 is 19.0 Å². The summed E-state index contributed by atoms with van der Waals surface area (Å²) in [4.78, 5) is 17.6. The van der Waals surface area contributed by atoms with E-state index in [0.717, 1.165) is 17.5 Å². The van der Waals surface area contributed by atoms with Crippen molar-refractivity contribution in [2.24, 2.45) is 0 Å². The monoisotopic (exact) mass is 511 g/mol. The highest BCUT2D eigenvalue weighted by molar-refractivity contribution is 6.42. The molecular weight excluding hydrogens is 489 g/mol. The van der Waals surface area contributed by atoms with E-state index in [1.165, 1.54) is 0 Å². The quantitative estimate of drug-likeness (QED) is 0.357. The van der Waals surface area contributed by atoms with Gasteiger partial charge >= 0.3 is 0 Å². The lowest BCUT2D eigenvalue weighted by Crippen LogP contribution is -2.42. The number of methoxy groups -OCH3 is 1. The maximum absolute atomic E-state index is 13.4. The molecular formula is C25H23Cl2N5O3. The van der Waals surface area contributed by atoms with E-state index in [2.05, 4.69) is 20.5 Å². The number of anilines is 1. The molecule has 1 aliphatic heterocycles. The van der Waals surface area contributed by atoms with E-state index in [1.54, 1.807) is 38.4 Å². The number of oxazole rings is 1. The van der Waals surface area contributed by atoms with Crippen molar-refractivity contribution in [2.45, 2.75) is 38.6 Å². The molecule has 180 valence electrons. The average molecular weight is 512 g/mol. The molecule has 2 aromatic carbocycles. The molecule has 5 rings (SSSR count). The number of aromatic nitrogens is 4. The molecule has 0 fully saturated rings. The summed E-state index contributed by atoms with van der Waals surface area (Å²) in [6, 6.07) is 10.8. The van der Waals surface area contributed by atoms with E-state index >= 15 is 0 Å². The minimum atomic E-state index is -0.864. The van der Waals surface area contributed by atoms with E-state index in [0.29, 0.717) is 57.7 Å². The largest absolute Gasteiger partial charge is 0.496 e. The summed E-state index contributed by atoms with van der Waals surface area (Å²) in [5, 5.41) is 12.7.